The van der Waals surface area contributed by atoms with Crippen LogP contribution in [0.1, 0.15) is 45.4 Å². The average Bonchev–Trinajstić information content (AvgIpc) is 2.89. The van der Waals surface area contributed by atoms with E-state index in [1.165, 1.54) is 56.6 Å². The molecule has 0 radical (unpaired) electrons. The number of ether oxygens (including phenoxy) is 1. The second kappa shape index (κ2) is 6.58. The van der Waals surface area contributed by atoms with Crippen molar-refractivity contribution < 1.29 is 4.74 Å². The van der Waals surface area contributed by atoms with Crippen molar-refractivity contribution in [3.05, 3.63) is 0 Å². The lowest BCUT2D eigenvalue weighted by molar-refractivity contribution is -0.0984. The van der Waals surface area contributed by atoms with Gasteiger partial charge in [-0.1, -0.05) is 13.3 Å². The number of rotatable bonds is 3. The van der Waals surface area contributed by atoms with Crippen molar-refractivity contribution in [2.75, 3.05) is 31.7 Å². The van der Waals surface area contributed by atoms with Crippen LogP contribution in [0.3, 0.4) is 0 Å². The quantitative estimate of drug-likeness (QED) is 0.860. The van der Waals surface area contributed by atoms with Crippen LogP contribution in [0.4, 0.5) is 0 Å². The summed E-state index contributed by atoms with van der Waals surface area (Å²) in [5.41, 5.74) is 0.262. The molecule has 5 unspecified atom stereocenters. The predicted octanol–water partition coefficient (Wildman–Crippen LogP) is 3.56. The molecule has 20 heavy (non-hydrogen) atoms. The SMILES string of the molecule is CNCC1CCC(C)CC1C1CCOC2(CCSC2)C1. The van der Waals surface area contributed by atoms with Crippen LogP contribution >= 0.6 is 11.8 Å². The van der Waals surface area contributed by atoms with Gasteiger partial charge < -0.3 is 10.1 Å². The lowest BCUT2D eigenvalue weighted by atomic mass is 9.65. The summed E-state index contributed by atoms with van der Waals surface area (Å²) in [4.78, 5) is 0. The predicted molar refractivity (Wildman–Crippen MR) is 87.3 cm³/mol. The molecule has 2 aliphatic heterocycles. The first-order valence-corrected chi connectivity index (χ1v) is 9.74. The molecule has 1 spiro atoms. The van der Waals surface area contributed by atoms with Gasteiger partial charge in [0.1, 0.15) is 0 Å². The molecule has 3 fully saturated rings. The Kier molecular flexibility index (Phi) is 4.99. The van der Waals surface area contributed by atoms with E-state index in [0.29, 0.717) is 0 Å². The van der Waals surface area contributed by atoms with E-state index in [4.69, 9.17) is 4.74 Å². The Bertz CT molecular complexity index is 316. The highest BCUT2D eigenvalue weighted by atomic mass is 32.2. The fraction of sp³-hybridized carbons (Fsp3) is 1.00. The third kappa shape index (κ3) is 3.20. The van der Waals surface area contributed by atoms with E-state index in [9.17, 15) is 0 Å². The van der Waals surface area contributed by atoms with Gasteiger partial charge in [-0.2, -0.15) is 11.8 Å². The number of nitrogens with one attached hydrogen (secondary N) is 1. The standard InChI is InChI=1S/C17H31NOS/c1-13-3-4-15(11-18-2)16(9-13)14-5-7-19-17(10-14)6-8-20-12-17/h13-16,18H,3-12H2,1-2H3. The van der Waals surface area contributed by atoms with Gasteiger partial charge in [0.15, 0.2) is 0 Å². The van der Waals surface area contributed by atoms with Gasteiger partial charge in [0.2, 0.25) is 0 Å². The smallest absolute Gasteiger partial charge is 0.0783 e. The molecule has 0 aromatic carbocycles. The topological polar surface area (TPSA) is 21.3 Å². The minimum Gasteiger partial charge on any atom is -0.374 e. The van der Waals surface area contributed by atoms with E-state index in [-0.39, 0.29) is 5.60 Å². The summed E-state index contributed by atoms with van der Waals surface area (Å²) in [7, 11) is 2.12. The van der Waals surface area contributed by atoms with Crippen LogP contribution < -0.4 is 5.32 Å². The summed E-state index contributed by atoms with van der Waals surface area (Å²) in [5, 5.41) is 3.45. The molecule has 5 atom stereocenters. The first kappa shape index (κ1) is 15.2. The molecule has 1 N–H and O–H groups in total. The highest BCUT2D eigenvalue weighted by Gasteiger charge is 2.44. The Hall–Kier alpha value is 0.270. The second-order valence-corrected chi connectivity index (χ2v) is 8.59. The minimum absolute atomic E-state index is 0.262. The molecular weight excluding hydrogens is 266 g/mol. The van der Waals surface area contributed by atoms with Crippen molar-refractivity contribution in [1.29, 1.82) is 0 Å². The summed E-state index contributed by atoms with van der Waals surface area (Å²) in [5.74, 6) is 6.27. The largest absolute Gasteiger partial charge is 0.374 e. The highest BCUT2D eigenvalue weighted by Crippen LogP contribution is 2.47. The van der Waals surface area contributed by atoms with E-state index >= 15 is 0 Å². The Morgan fingerprint density at radius 2 is 2.20 bits per heavy atom. The van der Waals surface area contributed by atoms with Crippen LogP contribution in [-0.4, -0.2) is 37.3 Å². The third-order valence-electron chi connectivity index (χ3n) is 5.98. The van der Waals surface area contributed by atoms with E-state index in [0.717, 1.165) is 30.3 Å². The average molecular weight is 298 g/mol. The summed E-state index contributed by atoms with van der Waals surface area (Å²) in [6, 6.07) is 0. The van der Waals surface area contributed by atoms with Crippen LogP contribution in [0.15, 0.2) is 0 Å². The molecule has 2 saturated heterocycles. The van der Waals surface area contributed by atoms with Crippen LogP contribution in [0.5, 0.6) is 0 Å². The summed E-state index contributed by atoms with van der Waals surface area (Å²) in [6.07, 6.45) is 8.29. The van der Waals surface area contributed by atoms with Gasteiger partial charge in [-0.15, -0.1) is 0 Å². The number of hydrogen-bond acceptors (Lipinski definition) is 3. The fourth-order valence-electron chi connectivity index (χ4n) is 4.87. The van der Waals surface area contributed by atoms with Crippen molar-refractivity contribution in [3.8, 4) is 0 Å². The van der Waals surface area contributed by atoms with Gasteiger partial charge in [-0.25, -0.2) is 0 Å². The fourth-order valence-corrected chi connectivity index (χ4v) is 6.25. The Morgan fingerprint density at radius 1 is 1.30 bits per heavy atom. The molecule has 0 amide bonds. The molecule has 2 heterocycles. The summed E-state index contributed by atoms with van der Waals surface area (Å²) >= 11 is 2.10. The summed E-state index contributed by atoms with van der Waals surface area (Å²) in [6.45, 7) is 4.70. The molecule has 1 aliphatic carbocycles. The van der Waals surface area contributed by atoms with Gasteiger partial charge in [0.25, 0.3) is 0 Å². The maximum absolute atomic E-state index is 6.23. The normalized spacial score (nSPS) is 45.9. The monoisotopic (exact) mass is 297 g/mol. The van der Waals surface area contributed by atoms with Gasteiger partial charge in [0, 0.05) is 12.4 Å². The molecule has 3 heteroatoms. The Balaban J connectivity index is 1.68. The van der Waals surface area contributed by atoms with Crippen LogP contribution in [-0.2, 0) is 4.74 Å². The lowest BCUT2D eigenvalue weighted by Crippen LogP contribution is -2.45. The van der Waals surface area contributed by atoms with Crippen molar-refractivity contribution in [3.63, 3.8) is 0 Å². The van der Waals surface area contributed by atoms with Gasteiger partial charge >= 0.3 is 0 Å². The molecule has 3 rings (SSSR count). The molecule has 0 aromatic heterocycles. The van der Waals surface area contributed by atoms with E-state index in [1.807, 2.05) is 0 Å². The molecule has 1 saturated carbocycles. The molecule has 2 nitrogen and oxygen atoms in total. The van der Waals surface area contributed by atoms with Crippen molar-refractivity contribution in [1.82, 2.24) is 5.32 Å². The van der Waals surface area contributed by atoms with E-state index in [1.54, 1.807) is 0 Å². The first-order chi connectivity index (χ1) is 9.72. The van der Waals surface area contributed by atoms with Gasteiger partial charge in [-0.3, -0.25) is 0 Å². The third-order valence-corrected chi connectivity index (χ3v) is 7.20. The number of hydrogen-bond donors (Lipinski definition) is 1. The maximum Gasteiger partial charge on any atom is 0.0783 e. The molecule has 3 aliphatic rings. The molecule has 0 bridgehead atoms. The van der Waals surface area contributed by atoms with E-state index < -0.39 is 0 Å². The Morgan fingerprint density at radius 3 is 2.95 bits per heavy atom. The minimum atomic E-state index is 0.262. The van der Waals surface area contributed by atoms with Crippen molar-refractivity contribution in [2.24, 2.45) is 23.7 Å². The first-order valence-electron chi connectivity index (χ1n) is 8.59. The van der Waals surface area contributed by atoms with Crippen molar-refractivity contribution >= 4 is 11.8 Å². The zero-order valence-corrected chi connectivity index (χ0v) is 14.0. The van der Waals surface area contributed by atoms with Crippen LogP contribution in [0.2, 0.25) is 0 Å². The molecule has 116 valence electrons. The van der Waals surface area contributed by atoms with Gasteiger partial charge in [0.05, 0.1) is 5.60 Å². The molecule has 0 aromatic rings. The van der Waals surface area contributed by atoms with Gasteiger partial charge in [-0.05, 0) is 75.1 Å². The molecular formula is C17H31NOS. The maximum atomic E-state index is 6.23. The lowest BCUT2D eigenvalue weighted by Gasteiger charge is -2.46. The van der Waals surface area contributed by atoms with Crippen LogP contribution in [0, 0.1) is 23.7 Å². The number of thioether (sulfide) groups is 1. The van der Waals surface area contributed by atoms with Crippen molar-refractivity contribution in [2.45, 2.75) is 51.0 Å². The highest BCUT2D eigenvalue weighted by molar-refractivity contribution is 7.99. The summed E-state index contributed by atoms with van der Waals surface area (Å²) < 4.78 is 6.23. The van der Waals surface area contributed by atoms with Crippen LogP contribution in [0.25, 0.3) is 0 Å². The zero-order chi connectivity index (χ0) is 14.0. The Labute approximate surface area is 128 Å². The van der Waals surface area contributed by atoms with E-state index in [2.05, 4.69) is 31.1 Å². The zero-order valence-electron chi connectivity index (χ0n) is 13.2. The second-order valence-electron chi connectivity index (χ2n) is 7.49.